The number of hydrogen-bond acceptors (Lipinski definition) is 4. The zero-order chi connectivity index (χ0) is 18.0. The Morgan fingerprint density at radius 1 is 1.28 bits per heavy atom. The number of nitrogens with zero attached hydrogens (tertiary/aromatic N) is 3. The van der Waals surface area contributed by atoms with E-state index >= 15 is 0 Å². The van der Waals surface area contributed by atoms with Gasteiger partial charge >= 0.3 is 5.97 Å². The number of amides is 1. The van der Waals surface area contributed by atoms with Gasteiger partial charge in [-0.25, -0.2) is 0 Å². The van der Waals surface area contributed by atoms with Gasteiger partial charge in [0, 0.05) is 25.5 Å². The predicted octanol–water partition coefficient (Wildman–Crippen LogP) is 2.40. The molecule has 0 unspecified atom stereocenters. The summed E-state index contributed by atoms with van der Waals surface area (Å²) in [6.07, 6.45) is 3.62. The monoisotopic (exact) mass is 341 g/mol. The molecule has 6 heteroatoms. The molecule has 0 saturated carbocycles. The molecule has 132 valence electrons. The Balaban J connectivity index is 1.92. The molecule has 0 N–H and O–H groups in total. The molecule has 0 bridgehead atoms. The van der Waals surface area contributed by atoms with E-state index in [1.165, 1.54) is 0 Å². The van der Waals surface area contributed by atoms with Crippen LogP contribution in [-0.2, 0) is 20.9 Å². The number of rotatable bonds is 4. The lowest BCUT2D eigenvalue weighted by Gasteiger charge is -2.38. The van der Waals surface area contributed by atoms with Crippen LogP contribution in [0.2, 0.25) is 0 Å². The Labute approximate surface area is 147 Å². The highest BCUT2D eigenvalue weighted by atomic mass is 16.5. The van der Waals surface area contributed by atoms with Crippen LogP contribution in [0.3, 0.4) is 0 Å². The SMILES string of the molecule is CCOC(=O)C(C)(C)C(=O)N1Cc2ccccc2[C@H](n2cccn2)C1. The van der Waals surface area contributed by atoms with E-state index in [1.54, 1.807) is 31.9 Å². The summed E-state index contributed by atoms with van der Waals surface area (Å²) in [4.78, 5) is 27.0. The van der Waals surface area contributed by atoms with Crippen LogP contribution >= 0.6 is 0 Å². The minimum absolute atomic E-state index is 0.0677. The quantitative estimate of drug-likeness (QED) is 0.633. The fourth-order valence-electron chi connectivity index (χ4n) is 3.22. The summed E-state index contributed by atoms with van der Waals surface area (Å²) in [6, 6.07) is 9.84. The van der Waals surface area contributed by atoms with E-state index in [4.69, 9.17) is 4.74 Å². The first-order chi connectivity index (χ1) is 11.9. The van der Waals surface area contributed by atoms with E-state index in [2.05, 4.69) is 11.2 Å². The molecule has 1 aromatic heterocycles. The molecule has 1 amide bonds. The van der Waals surface area contributed by atoms with Crippen LogP contribution in [0.4, 0.5) is 0 Å². The van der Waals surface area contributed by atoms with Crippen molar-refractivity contribution in [3.05, 3.63) is 53.9 Å². The standard InChI is InChI=1S/C19H23N3O3/c1-4-25-18(24)19(2,3)17(23)21-12-14-8-5-6-9-15(14)16(13-21)22-11-7-10-20-22/h5-11,16H,4,12-13H2,1-3H3/t16-/m1/s1. The van der Waals surface area contributed by atoms with Crippen molar-refractivity contribution in [2.24, 2.45) is 5.41 Å². The third kappa shape index (κ3) is 3.16. The number of ether oxygens (including phenoxy) is 1. The van der Waals surface area contributed by atoms with Gasteiger partial charge in [0.05, 0.1) is 12.6 Å². The molecule has 3 rings (SSSR count). The maximum Gasteiger partial charge on any atom is 0.321 e. The van der Waals surface area contributed by atoms with Crippen LogP contribution in [0.25, 0.3) is 0 Å². The van der Waals surface area contributed by atoms with E-state index in [1.807, 2.05) is 35.1 Å². The first-order valence-corrected chi connectivity index (χ1v) is 8.48. The Kier molecular flexibility index (Phi) is 4.61. The molecule has 1 aromatic carbocycles. The molecule has 2 heterocycles. The summed E-state index contributed by atoms with van der Waals surface area (Å²) in [5.74, 6) is -0.716. The minimum atomic E-state index is -1.21. The van der Waals surface area contributed by atoms with Gasteiger partial charge in [-0.1, -0.05) is 24.3 Å². The smallest absolute Gasteiger partial charge is 0.321 e. The van der Waals surface area contributed by atoms with Gasteiger partial charge in [-0.2, -0.15) is 5.10 Å². The molecule has 1 aliphatic heterocycles. The maximum absolute atomic E-state index is 13.1. The van der Waals surface area contributed by atoms with Crippen molar-refractivity contribution in [1.29, 1.82) is 0 Å². The van der Waals surface area contributed by atoms with Crippen molar-refractivity contribution in [3.8, 4) is 0 Å². The summed E-state index contributed by atoms with van der Waals surface area (Å²) >= 11 is 0. The molecular formula is C19H23N3O3. The van der Waals surface area contributed by atoms with Crippen LogP contribution in [-0.4, -0.2) is 39.7 Å². The summed E-state index contributed by atoms with van der Waals surface area (Å²) in [6.45, 7) is 6.20. The number of carbonyl (C=O) groups excluding carboxylic acids is 2. The highest BCUT2D eigenvalue weighted by molar-refractivity contribution is 6.01. The fourth-order valence-corrected chi connectivity index (χ4v) is 3.22. The van der Waals surface area contributed by atoms with E-state index in [0.717, 1.165) is 11.1 Å². The average molecular weight is 341 g/mol. The lowest BCUT2D eigenvalue weighted by molar-refractivity contribution is -0.163. The molecule has 0 fully saturated rings. The Morgan fingerprint density at radius 3 is 2.72 bits per heavy atom. The van der Waals surface area contributed by atoms with E-state index < -0.39 is 11.4 Å². The van der Waals surface area contributed by atoms with Gasteiger partial charge in [0.15, 0.2) is 0 Å². The van der Waals surface area contributed by atoms with Gasteiger partial charge in [-0.05, 0) is 38.0 Å². The summed E-state index contributed by atoms with van der Waals surface area (Å²) in [5.41, 5.74) is 1.02. The predicted molar refractivity (Wildman–Crippen MR) is 92.6 cm³/mol. The minimum Gasteiger partial charge on any atom is -0.465 e. The highest BCUT2D eigenvalue weighted by Gasteiger charge is 2.42. The molecule has 6 nitrogen and oxygen atoms in total. The van der Waals surface area contributed by atoms with Crippen molar-refractivity contribution in [2.75, 3.05) is 13.2 Å². The van der Waals surface area contributed by atoms with Crippen molar-refractivity contribution in [3.63, 3.8) is 0 Å². The zero-order valence-electron chi connectivity index (χ0n) is 14.8. The highest BCUT2D eigenvalue weighted by Crippen LogP contribution is 2.32. The number of esters is 1. The summed E-state index contributed by atoms with van der Waals surface area (Å²) in [7, 11) is 0. The number of aromatic nitrogens is 2. The second-order valence-corrected chi connectivity index (χ2v) is 6.73. The summed E-state index contributed by atoms with van der Waals surface area (Å²) < 4.78 is 6.94. The third-order valence-electron chi connectivity index (χ3n) is 4.62. The lowest BCUT2D eigenvalue weighted by atomic mass is 9.88. The van der Waals surface area contributed by atoms with E-state index in [9.17, 15) is 9.59 Å². The second-order valence-electron chi connectivity index (χ2n) is 6.73. The fraction of sp³-hybridized carbons (Fsp3) is 0.421. The maximum atomic E-state index is 13.1. The van der Waals surface area contributed by atoms with Gasteiger partial charge in [0.2, 0.25) is 5.91 Å². The first kappa shape index (κ1) is 17.2. The Morgan fingerprint density at radius 2 is 2.04 bits per heavy atom. The van der Waals surface area contributed by atoms with Crippen molar-refractivity contribution in [1.82, 2.24) is 14.7 Å². The number of benzene rings is 1. The van der Waals surface area contributed by atoms with Crippen molar-refractivity contribution < 1.29 is 14.3 Å². The second kappa shape index (κ2) is 6.70. The molecule has 0 spiro atoms. The van der Waals surface area contributed by atoms with Crippen LogP contribution in [0, 0.1) is 5.41 Å². The third-order valence-corrected chi connectivity index (χ3v) is 4.62. The van der Waals surface area contributed by atoms with Crippen molar-refractivity contribution in [2.45, 2.75) is 33.4 Å². The topological polar surface area (TPSA) is 64.4 Å². The van der Waals surface area contributed by atoms with Gasteiger partial charge in [-0.15, -0.1) is 0 Å². The molecule has 25 heavy (non-hydrogen) atoms. The number of carbonyl (C=O) groups is 2. The molecular weight excluding hydrogens is 318 g/mol. The molecule has 0 aliphatic carbocycles. The number of hydrogen-bond donors (Lipinski definition) is 0. The Hall–Kier alpha value is -2.63. The Bertz CT molecular complexity index is 768. The van der Waals surface area contributed by atoms with Crippen molar-refractivity contribution >= 4 is 11.9 Å². The normalized spacial score (nSPS) is 17.1. The molecule has 1 aliphatic rings. The molecule has 2 aromatic rings. The average Bonchev–Trinajstić information content (AvgIpc) is 3.14. The number of fused-ring (bicyclic) bond motifs is 1. The lowest BCUT2D eigenvalue weighted by Crippen LogP contribution is -2.49. The van der Waals surface area contributed by atoms with Gasteiger partial charge in [-0.3, -0.25) is 14.3 Å². The molecule has 1 atom stereocenters. The first-order valence-electron chi connectivity index (χ1n) is 8.48. The van der Waals surface area contributed by atoms with E-state index in [0.29, 0.717) is 13.1 Å². The largest absolute Gasteiger partial charge is 0.465 e. The van der Waals surface area contributed by atoms with Crippen LogP contribution in [0.15, 0.2) is 42.7 Å². The summed E-state index contributed by atoms with van der Waals surface area (Å²) in [5, 5.41) is 4.35. The molecule has 0 saturated heterocycles. The van der Waals surface area contributed by atoms with Gasteiger partial charge in [0.25, 0.3) is 0 Å². The van der Waals surface area contributed by atoms with Gasteiger partial charge < -0.3 is 9.64 Å². The van der Waals surface area contributed by atoms with Crippen LogP contribution in [0.5, 0.6) is 0 Å². The molecule has 0 radical (unpaired) electrons. The zero-order valence-corrected chi connectivity index (χ0v) is 14.8. The van der Waals surface area contributed by atoms with Gasteiger partial charge in [0.1, 0.15) is 5.41 Å². The van der Waals surface area contributed by atoms with E-state index in [-0.39, 0.29) is 18.6 Å². The van der Waals surface area contributed by atoms with Crippen LogP contribution in [0.1, 0.15) is 37.9 Å². The van der Waals surface area contributed by atoms with Crippen LogP contribution < -0.4 is 0 Å².